The molecule has 0 aromatic heterocycles. The van der Waals surface area contributed by atoms with Crippen molar-refractivity contribution in [2.75, 3.05) is 46.5 Å². The maximum absolute atomic E-state index is 10.8. The second kappa shape index (κ2) is 12.8. The zero-order valence-corrected chi connectivity index (χ0v) is 18.7. The number of nitrogens with zero attached hydrogens (tertiary/aromatic N) is 3. The summed E-state index contributed by atoms with van der Waals surface area (Å²) < 4.78 is 40.5. The molecular weight excluding hydrogens is 406 g/mol. The second-order valence-electron chi connectivity index (χ2n) is 7.49. The molecule has 0 spiro atoms. The van der Waals surface area contributed by atoms with E-state index in [1.54, 1.807) is 19.1 Å². The number of aliphatic imine (C=N–C) groups is 2. The lowest BCUT2D eigenvalue weighted by atomic mass is 9.96. The molecule has 1 aliphatic carbocycles. The molecule has 1 saturated carbocycles. The van der Waals surface area contributed by atoms with Crippen molar-refractivity contribution in [1.82, 2.24) is 4.90 Å². The molecule has 30 heavy (non-hydrogen) atoms. The molecule has 2 aliphatic rings. The van der Waals surface area contributed by atoms with Crippen molar-refractivity contribution in [3.8, 4) is 5.75 Å². The fourth-order valence-electron chi connectivity index (χ4n) is 3.39. The average molecular weight is 440 g/mol. The van der Waals surface area contributed by atoms with Gasteiger partial charge in [0.05, 0.1) is 38.9 Å². The fourth-order valence-corrected chi connectivity index (χ4v) is 4.02. The van der Waals surface area contributed by atoms with Gasteiger partial charge < -0.3 is 9.47 Å². The lowest BCUT2D eigenvalue weighted by molar-refractivity contribution is 0.0395. The van der Waals surface area contributed by atoms with Crippen LogP contribution < -0.4 is 4.74 Å². The Morgan fingerprint density at radius 1 is 1.23 bits per heavy atom. The third-order valence-corrected chi connectivity index (χ3v) is 6.01. The molecule has 0 bridgehead atoms. The van der Waals surface area contributed by atoms with Gasteiger partial charge in [-0.15, -0.1) is 0 Å². The highest BCUT2D eigenvalue weighted by atomic mass is 32.2. The molecular formula is C21H33N3O5S. The zero-order chi connectivity index (χ0) is 21.8. The molecule has 1 saturated heterocycles. The molecule has 2 fully saturated rings. The fraction of sp³-hybridized carbons (Fsp3) is 0.667. The van der Waals surface area contributed by atoms with Gasteiger partial charge >= 0.3 is 0 Å². The van der Waals surface area contributed by atoms with Crippen LogP contribution in [0.2, 0.25) is 0 Å². The van der Waals surface area contributed by atoms with E-state index in [-0.39, 0.29) is 10.6 Å². The number of hydrogen-bond acceptors (Lipinski definition) is 7. The molecule has 9 heteroatoms. The Hall–Kier alpha value is -1.77. The summed E-state index contributed by atoms with van der Waals surface area (Å²) in [6, 6.07) is 7.83. The summed E-state index contributed by atoms with van der Waals surface area (Å²) in [5.41, 5.74) is 0.865. The molecule has 1 aromatic carbocycles. The maximum atomic E-state index is 10.8. The lowest BCUT2D eigenvalue weighted by Gasteiger charge is -2.25. The minimum absolute atomic E-state index is 0.155. The minimum Gasteiger partial charge on any atom is -0.495 e. The largest absolute Gasteiger partial charge is 0.495 e. The van der Waals surface area contributed by atoms with Crippen LogP contribution in [-0.2, 0) is 14.9 Å². The van der Waals surface area contributed by atoms with E-state index in [0.717, 1.165) is 45.0 Å². The predicted molar refractivity (Wildman–Crippen MR) is 116 cm³/mol. The van der Waals surface area contributed by atoms with Gasteiger partial charge in [-0.3, -0.25) is 9.45 Å². The highest BCUT2D eigenvalue weighted by molar-refractivity contribution is 7.86. The van der Waals surface area contributed by atoms with E-state index in [1.165, 1.54) is 45.3 Å². The van der Waals surface area contributed by atoms with Crippen LogP contribution in [0.5, 0.6) is 5.75 Å². The van der Waals surface area contributed by atoms with Crippen molar-refractivity contribution in [3.05, 3.63) is 23.8 Å². The number of morpholine rings is 1. The molecule has 0 atom stereocenters. The first kappa shape index (κ1) is 24.5. The van der Waals surface area contributed by atoms with Gasteiger partial charge in [-0.25, -0.2) is 9.98 Å². The van der Waals surface area contributed by atoms with Crippen molar-refractivity contribution in [1.29, 1.82) is 0 Å². The number of ether oxygens (including phenoxy) is 2. The Morgan fingerprint density at radius 2 is 1.93 bits per heavy atom. The second-order valence-corrected chi connectivity index (χ2v) is 8.88. The highest BCUT2D eigenvalue weighted by Gasteiger charge is 2.15. The van der Waals surface area contributed by atoms with Crippen LogP contribution >= 0.6 is 0 Å². The SMILES string of the molecule is C(=NCCN1CCOCC1)=NC1CCCCC1.COc1cc(C)ccc1S(=O)(=O)O. The van der Waals surface area contributed by atoms with E-state index < -0.39 is 10.1 Å². The Labute approximate surface area is 179 Å². The molecule has 1 heterocycles. The van der Waals surface area contributed by atoms with E-state index in [2.05, 4.69) is 20.9 Å². The predicted octanol–water partition coefficient (Wildman–Crippen LogP) is 3.08. The molecule has 0 amide bonds. The van der Waals surface area contributed by atoms with Crippen LogP contribution in [0.25, 0.3) is 0 Å². The van der Waals surface area contributed by atoms with Crippen LogP contribution in [0.3, 0.4) is 0 Å². The standard InChI is InChI=1S/C13H23N3O.C8H10O4S/c1-2-4-13(5-3-1)15-12-14-6-7-16-8-10-17-11-9-16;1-6-3-4-8(13(9,10)11)7(5-6)12-2/h13H,1-11H2;3-5H,1-2H3,(H,9,10,11). The monoisotopic (exact) mass is 439 g/mol. The van der Waals surface area contributed by atoms with E-state index in [0.29, 0.717) is 6.04 Å². The van der Waals surface area contributed by atoms with Crippen LogP contribution in [0.4, 0.5) is 0 Å². The summed E-state index contributed by atoms with van der Waals surface area (Å²) in [6.45, 7) is 7.42. The van der Waals surface area contributed by atoms with Crippen LogP contribution in [-0.4, -0.2) is 76.4 Å². The molecule has 168 valence electrons. The Bertz CT molecular complexity index is 810. The Morgan fingerprint density at radius 3 is 2.57 bits per heavy atom. The van der Waals surface area contributed by atoms with E-state index in [4.69, 9.17) is 14.0 Å². The summed E-state index contributed by atoms with van der Waals surface area (Å²) >= 11 is 0. The summed E-state index contributed by atoms with van der Waals surface area (Å²) in [5, 5.41) is 0. The van der Waals surface area contributed by atoms with Gasteiger partial charge in [0.15, 0.2) is 0 Å². The maximum Gasteiger partial charge on any atom is 0.298 e. The van der Waals surface area contributed by atoms with Gasteiger partial charge in [0.1, 0.15) is 10.6 Å². The first-order valence-corrected chi connectivity index (χ1v) is 11.9. The van der Waals surface area contributed by atoms with Gasteiger partial charge in [0.25, 0.3) is 10.1 Å². The van der Waals surface area contributed by atoms with E-state index >= 15 is 0 Å². The number of aryl methyl sites for hydroxylation is 1. The van der Waals surface area contributed by atoms with Crippen LogP contribution in [0.1, 0.15) is 37.7 Å². The highest BCUT2D eigenvalue weighted by Crippen LogP contribution is 2.24. The van der Waals surface area contributed by atoms with Gasteiger partial charge in [0.2, 0.25) is 0 Å². The van der Waals surface area contributed by atoms with Crippen molar-refractivity contribution >= 4 is 16.1 Å². The molecule has 3 rings (SSSR count). The summed E-state index contributed by atoms with van der Waals surface area (Å²) in [7, 11) is -2.84. The van der Waals surface area contributed by atoms with E-state index in [1.807, 2.05) is 0 Å². The third kappa shape index (κ3) is 8.93. The molecule has 1 aromatic rings. The quantitative estimate of drug-likeness (QED) is 0.540. The summed E-state index contributed by atoms with van der Waals surface area (Å²) in [5.74, 6) is 0.155. The average Bonchev–Trinajstić information content (AvgIpc) is 2.74. The summed E-state index contributed by atoms with van der Waals surface area (Å²) in [4.78, 5) is 10.8. The Balaban J connectivity index is 0.000000222. The van der Waals surface area contributed by atoms with Gasteiger partial charge in [-0.05, 0) is 37.5 Å². The smallest absolute Gasteiger partial charge is 0.298 e. The van der Waals surface area contributed by atoms with Crippen molar-refractivity contribution in [2.45, 2.75) is 50.0 Å². The molecule has 1 N–H and O–H groups in total. The van der Waals surface area contributed by atoms with Crippen molar-refractivity contribution in [2.24, 2.45) is 9.98 Å². The molecule has 0 radical (unpaired) electrons. The van der Waals surface area contributed by atoms with Gasteiger partial charge in [0, 0.05) is 19.6 Å². The first-order valence-electron chi connectivity index (χ1n) is 10.4. The first-order chi connectivity index (χ1) is 14.4. The summed E-state index contributed by atoms with van der Waals surface area (Å²) in [6.07, 6.45) is 6.48. The number of methoxy groups -OCH3 is 1. The molecule has 1 aliphatic heterocycles. The topological polar surface area (TPSA) is 101 Å². The van der Waals surface area contributed by atoms with Gasteiger partial charge in [-0.2, -0.15) is 8.42 Å². The Kier molecular flexibility index (Phi) is 10.5. The minimum atomic E-state index is -4.19. The molecule has 0 unspecified atom stereocenters. The van der Waals surface area contributed by atoms with Gasteiger partial charge in [-0.1, -0.05) is 25.3 Å². The van der Waals surface area contributed by atoms with E-state index in [9.17, 15) is 8.42 Å². The number of hydrogen-bond donors (Lipinski definition) is 1. The number of rotatable bonds is 6. The van der Waals surface area contributed by atoms with Crippen LogP contribution in [0, 0.1) is 6.92 Å². The molecule has 8 nitrogen and oxygen atoms in total. The zero-order valence-electron chi connectivity index (χ0n) is 17.9. The lowest BCUT2D eigenvalue weighted by Crippen LogP contribution is -2.37. The van der Waals surface area contributed by atoms with Crippen molar-refractivity contribution in [3.63, 3.8) is 0 Å². The normalized spacial score (nSPS) is 18.0. The van der Waals surface area contributed by atoms with Crippen LogP contribution in [0.15, 0.2) is 33.1 Å². The van der Waals surface area contributed by atoms with Crippen molar-refractivity contribution < 1.29 is 22.4 Å². The number of benzene rings is 1. The third-order valence-electron chi connectivity index (χ3n) is 5.11.